The largest absolute Gasteiger partial charge is 0.481 e. The lowest BCUT2D eigenvalue weighted by Gasteiger charge is -2.24. The van der Waals surface area contributed by atoms with Crippen LogP contribution in [0.25, 0.3) is 0 Å². The average molecular weight is 479 g/mol. The summed E-state index contributed by atoms with van der Waals surface area (Å²) in [6.45, 7) is 3.01. The highest BCUT2D eigenvalue weighted by atomic mass is 32.2. The molecule has 8 N–H and O–H groups in total. The average Bonchev–Trinajstić information content (AvgIpc) is 2.70. The van der Waals surface area contributed by atoms with Crippen LogP contribution in [-0.4, -0.2) is 87.8 Å². The second kappa shape index (κ2) is 15.4. The van der Waals surface area contributed by atoms with Crippen molar-refractivity contribution in [3.63, 3.8) is 0 Å². The van der Waals surface area contributed by atoms with Crippen LogP contribution in [0.3, 0.4) is 0 Å². The molecule has 0 aliphatic carbocycles. The van der Waals surface area contributed by atoms with Gasteiger partial charge in [-0.25, -0.2) is 4.79 Å². The minimum atomic E-state index is -1.45. The standard InChI is InChI=1S/C19H34N4O8S/c1-10(2)8-11(20)16(27)23-14(9-24)18(29)21-12(6-7-32-3)17(28)22-13(19(30)31)4-5-15(25)26/h10-14,24H,4-9,20H2,1-3H3,(H,21,29)(H,22,28)(H,23,27)(H,25,26)(H,30,31). The third kappa shape index (κ3) is 11.9. The highest BCUT2D eigenvalue weighted by molar-refractivity contribution is 7.98. The summed E-state index contributed by atoms with van der Waals surface area (Å²) < 4.78 is 0. The smallest absolute Gasteiger partial charge is 0.326 e. The van der Waals surface area contributed by atoms with Crippen molar-refractivity contribution in [1.29, 1.82) is 0 Å². The number of aliphatic carboxylic acids is 2. The molecule has 4 atom stereocenters. The molecule has 0 radical (unpaired) electrons. The van der Waals surface area contributed by atoms with Crippen LogP contribution in [0.15, 0.2) is 0 Å². The van der Waals surface area contributed by atoms with Gasteiger partial charge in [-0.3, -0.25) is 19.2 Å². The van der Waals surface area contributed by atoms with Crippen LogP contribution < -0.4 is 21.7 Å². The van der Waals surface area contributed by atoms with Gasteiger partial charge in [0.05, 0.1) is 12.6 Å². The SMILES string of the molecule is CSCCC(NC(=O)C(CO)NC(=O)C(N)CC(C)C)C(=O)NC(CCC(=O)O)C(=O)O. The van der Waals surface area contributed by atoms with Crippen LogP contribution in [0.4, 0.5) is 0 Å². The van der Waals surface area contributed by atoms with Gasteiger partial charge in [0.25, 0.3) is 0 Å². The Balaban J connectivity index is 5.22. The zero-order chi connectivity index (χ0) is 24.8. The van der Waals surface area contributed by atoms with Gasteiger partial charge >= 0.3 is 11.9 Å². The fourth-order valence-corrected chi connectivity index (χ4v) is 3.13. The summed E-state index contributed by atoms with van der Waals surface area (Å²) in [5.41, 5.74) is 5.78. The van der Waals surface area contributed by atoms with Gasteiger partial charge in [0, 0.05) is 6.42 Å². The van der Waals surface area contributed by atoms with Gasteiger partial charge in [-0.2, -0.15) is 11.8 Å². The number of thioether (sulfide) groups is 1. The Labute approximate surface area is 191 Å². The van der Waals surface area contributed by atoms with Crippen molar-refractivity contribution >= 4 is 41.4 Å². The number of carboxylic acid groups (broad SMARTS) is 2. The number of carbonyl (C=O) groups is 5. The van der Waals surface area contributed by atoms with Crippen molar-refractivity contribution in [3.05, 3.63) is 0 Å². The van der Waals surface area contributed by atoms with Crippen molar-refractivity contribution < 1.29 is 39.3 Å². The lowest BCUT2D eigenvalue weighted by Crippen LogP contribution is -2.58. The van der Waals surface area contributed by atoms with Crippen molar-refractivity contribution in [2.45, 2.75) is 63.7 Å². The predicted molar refractivity (Wildman–Crippen MR) is 118 cm³/mol. The van der Waals surface area contributed by atoms with Gasteiger partial charge in [-0.15, -0.1) is 0 Å². The molecule has 0 saturated heterocycles. The summed E-state index contributed by atoms with van der Waals surface area (Å²) >= 11 is 1.39. The summed E-state index contributed by atoms with van der Waals surface area (Å²) in [5, 5.41) is 34.5. The molecule has 0 aliphatic heterocycles. The lowest BCUT2D eigenvalue weighted by molar-refractivity contribution is -0.143. The van der Waals surface area contributed by atoms with Crippen molar-refractivity contribution in [2.75, 3.05) is 18.6 Å². The molecule has 0 aromatic carbocycles. The first-order valence-electron chi connectivity index (χ1n) is 10.1. The number of hydrogen-bond acceptors (Lipinski definition) is 8. The fourth-order valence-electron chi connectivity index (χ4n) is 2.66. The molecule has 184 valence electrons. The van der Waals surface area contributed by atoms with Crippen LogP contribution in [0.2, 0.25) is 0 Å². The van der Waals surface area contributed by atoms with Crippen molar-refractivity contribution in [1.82, 2.24) is 16.0 Å². The number of nitrogens with one attached hydrogen (secondary N) is 3. The van der Waals surface area contributed by atoms with E-state index in [1.165, 1.54) is 11.8 Å². The first-order chi connectivity index (χ1) is 14.9. The summed E-state index contributed by atoms with van der Waals surface area (Å²) in [7, 11) is 0. The van der Waals surface area contributed by atoms with E-state index in [4.69, 9.17) is 10.8 Å². The molecule has 0 spiro atoms. The highest BCUT2D eigenvalue weighted by Crippen LogP contribution is 2.06. The van der Waals surface area contributed by atoms with Gasteiger partial charge in [-0.1, -0.05) is 13.8 Å². The molecular formula is C19H34N4O8S. The minimum absolute atomic E-state index is 0.139. The molecule has 0 bridgehead atoms. The number of aliphatic hydroxyl groups is 1. The number of hydrogen-bond donors (Lipinski definition) is 7. The molecule has 0 saturated carbocycles. The zero-order valence-corrected chi connectivity index (χ0v) is 19.3. The van der Waals surface area contributed by atoms with E-state index in [-0.39, 0.29) is 18.8 Å². The normalized spacial score (nSPS) is 14.7. The summed E-state index contributed by atoms with van der Waals surface area (Å²) in [6.07, 6.45) is 1.49. The van der Waals surface area contributed by atoms with Gasteiger partial charge in [0.1, 0.15) is 18.1 Å². The van der Waals surface area contributed by atoms with E-state index in [1.807, 2.05) is 13.8 Å². The Kier molecular flexibility index (Phi) is 14.3. The van der Waals surface area contributed by atoms with Crippen molar-refractivity contribution in [3.8, 4) is 0 Å². The van der Waals surface area contributed by atoms with E-state index in [2.05, 4.69) is 16.0 Å². The molecule has 0 aromatic rings. The Bertz CT molecular complexity index is 661. The number of rotatable bonds is 16. The van der Waals surface area contributed by atoms with Crippen LogP contribution >= 0.6 is 11.8 Å². The molecule has 13 heteroatoms. The first kappa shape index (κ1) is 29.6. The summed E-state index contributed by atoms with van der Waals surface area (Å²) in [4.78, 5) is 59.4. The summed E-state index contributed by atoms with van der Waals surface area (Å²) in [6, 6.07) is -4.84. The highest BCUT2D eigenvalue weighted by Gasteiger charge is 2.30. The third-order valence-electron chi connectivity index (χ3n) is 4.38. The maximum absolute atomic E-state index is 12.6. The molecule has 3 amide bonds. The Hall–Kier alpha value is -2.38. The van der Waals surface area contributed by atoms with E-state index in [1.54, 1.807) is 6.26 Å². The Morgan fingerprint density at radius 1 is 0.875 bits per heavy atom. The number of nitrogens with two attached hydrogens (primary N) is 1. The molecule has 4 unspecified atom stereocenters. The molecule has 32 heavy (non-hydrogen) atoms. The molecular weight excluding hydrogens is 444 g/mol. The predicted octanol–water partition coefficient (Wildman–Crippen LogP) is -1.49. The molecule has 0 aromatic heterocycles. The number of carboxylic acids is 2. The van der Waals surface area contributed by atoms with Crippen LogP contribution in [0.1, 0.15) is 39.5 Å². The maximum atomic E-state index is 12.6. The van der Waals surface area contributed by atoms with E-state index in [9.17, 15) is 34.2 Å². The van der Waals surface area contributed by atoms with Crippen LogP contribution in [0, 0.1) is 5.92 Å². The van der Waals surface area contributed by atoms with Crippen LogP contribution in [0.5, 0.6) is 0 Å². The second-order valence-corrected chi connectivity index (χ2v) is 8.64. The Morgan fingerprint density at radius 2 is 1.41 bits per heavy atom. The van der Waals surface area contributed by atoms with Gasteiger partial charge < -0.3 is 37.0 Å². The molecule has 0 aliphatic rings. The number of aliphatic hydroxyl groups excluding tert-OH is 1. The molecule has 0 fully saturated rings. The topological polar surface area (TPSA) is 208 Å². The van der Waals surface area contributed by atoms with Gasteiger partial charge in [0.15, 0.2) is 0 Å². The number of amides is 3. The maximum Gasteiger partial charge on any atom is 0.326 e. The Morgan fingerprint density at radius 3 is 1.88 bits per heavy atom. The lowest BCUT2D eigenvalue weighted by atomic mass is 10.0. The second-order valence-electron chi connectivity index (χ2n) is 7.65. The van der Waals surface area contributed by atoms with Crippen molar-refractivity contribution in [2.24, 2.45) is 11.7 Å². The zero-order valence-electron chi connectivity index (χ0n) is 18.5. The van der Waals surface area contributed by atoms with E-state index < -0.39 is 66.9 Å². The quantitative estimate of drug-likeness (QED) is 0.137. The fraction of sp³-hybridized carbons (Fsp3) is 0.737. The van der Waals surface area contributed by atoms with E-state index in [0.717, 1.165) is 0 Å². The van der Waals surface area contributed by atoms with Gasteiger partial charge in [0.2, 0.25) is 17.7 Å². The summed E-state index contributed by atoms with van der Waals surface area (Å²) in [5.74, 6) is -4.32. The molecule has 0 rings (SSSR count). The minimum Gasteiger partial charge on any atom is -0.481 e. The third-order valence-corrected chi connectivity index (χ3v) is 5.03. The molecule has 12 nitrogen and oxygen atoms in total. The van der Waals surface area contributed by atoms with E-state index in [0.29, 0.717) is 12.2 Å². The van der Waals surface area contributed by atoms with Crippen LogP contribution in [-0.2, 0) is 24.0 Å². The van der Waals surface area contributed by atoms with Gasteiger partial charge in [-0.05, 0) is 37.2 Å². The first-order valence-corrected chi connectivity index (χ1v) is 11.5. The monoisotopic (exact) mass is 478 g/mol. The number of carbonyl (C=O) groups excluding carboxylic acids is 3. The molecule has 0 heterocycles. The van der Waals surface area contributed by atoms with E-state index >= 15 is 0 Å².